The summed E-state index contributed by atoms with van der Waals surface area (Å²) in [6, 6.07) is -0.0243. The molecule has 0 aliphatic heterocycles. The van der Waals surface area contributed by atoms with E-state index in [0.717, 1.165) is 12.8 Å². The van der Waals surface area contributed by atoms with E-state index >= 15 is 0 Å². The van der Waals surface area contributed by atoms with Crippen molar-refractivity contribution in [2.24, 2.45) is 5.11 Å². The van der Waals surface area contributed by atoms with Gasteiger partial charge in [0.2, 0.25) is 0 Å². The number of carboxylic acid groups (broad SMARTS) is 1. The minimum atomic E-state index is -0.772. The van der Waals surface area contributed by atoms with Gasteiger partial charge in [-0.05, 0) is 18.4 Å². The lowest BCUT2D eigenvalue weighted by atomic mass is 10.1. The molecule has 0 aromatic rings. The summed E-state index contributed by atoms with van der Waals surface area (Å²) in [7, 11) is 0. The molecule has 0 bridgehead atoms. The first-order chi connectivity index (χ1) is 5.66. The van der Waals surface area contributed by atoms with Crippen molar-refractivity contribution < 1.29 is 9.90 Å². The minimum absolute atomic E-state index is 0.0243. The van der Waals surface area contributed by atoms with Gasteiger partial charge in [0, 0.05) is 17.4 Å². The molecule has 1 N–H and O–H groups in total. The highest BCUT2D eigenvalue weighted by molar-refractivity contribution is 5.66. The van der Waals surface area contributed by atoms with Crippen molar-refractivity contribution in [1.29, 1.82) is 0 Å². The van der Waals surface area contributed by atoms with Crippen LogP contribution in [0.4, 0.5) is 0 Å². The maximum Gasteiger partial charge on any atom is 0.303 e. The summed E-state index contributed by atoms with van der Waals surface area (Å²) in [6.07, 6.45) is 2.41. The summed E-state index contributed by atoms with van der Waals surface area (Å²) in [5.74, 6) is -0.772. The first kappa shape index (κ1) is 10.8. The van der Waals surface area contributed by atoms with E-state index in [-0.39, 0.29) is 12.5 Å². The van der Waals surface area contributed by atoms with E-state index in [0.29, 0.717) is 6.42 Å². The Hall–Kier alpha value is -1.22. The van der Waals surface area contributed by atoms with Crippen LogP contribution in [0.1, 0.15) is 32.6 Å². The Morgan fingerprint density at radius 1 is 1.67 bits per heavy atom. The molecule has 0 radical (unpaired) electrons. The molecule has 12 heavy (non-hydrogen) atoms. The number of hydrogen-bond acceptors (Lipinski definition) is 2. The Morgan fingerprint density at radius 2 is 2.33 bits per heavy atom. The van der Waals surface area contributed by atoms with Crippen LogP contribution >= 0.6 is 0 Å². The quantitative estimate of drug-likeness (QED) is 0.288. The summed E-state index contributed by atoms with van der Waals surface area (Å²) in [5.41, 5.74) is 8.05. The zero-order valence-electron chi connectivity index (χ0n) is 7.10. The molecule has 1 atom stereocenters. The minimum Gasteiger partial charge on any atom is -0.481 e. The fraction of sp³-hybridized carbons (Fsp3) is 0.857. The number of aliphatic carboxylic acids is 1. The summed E-state index contributed by atoms with van der Waals surface area (Å²) < 4.78 is 0. The highest BCUT2D eigenvalue weighted by Gasteiger charge is 2.00. The van der Waals surface area contributed by atoms with Crippen molar-refractivity contribution in [2.45, 2.75) is 38.6 Å². The van der Waals surface area contributed by atoms with E-state index in [1.807, 2.05) is 6.92 Å². The summed E-state index contributed by atoms with van der Waals surface area (Å²) in [5, 5.41) is 11.8. The van der Waals surface area contributed by atoms with Gasteiger partial charge in [-0.1, -0.05) is 18.5 Å². The SMILES string of the molecule is CC(CCCCC(=O)O)N=[N+]=[N-]. The van der Waals surface area contributed by atoms with E-state index < -0.39 is 5.97 Å². The molecule has 0 heterocycles. The van der Waals surface area contributed by atoms with Gasteiger partial charge in [-0.25, -0.2) is 0 Å². The molecular formula is C7H13N3O2. The van der Waals surface area contributed by atoms with Gasteiger partial charge in [-0.15, -0.1) is 0 Å². The zero-order chi connectivity index (χ0) is 9.40. The largest absolute Gasteiger partial charge is 0.481 e. The maximum absolute atomic E-state index is 10.1. The van der Waals surface area contributed by atoms with Crippen LogP contribution in [-0.4, -0.2) is 17.1 Å². The lowest BCUT2D eigenvalue weighted by Gasteiger charge is -2.01. The molecular weight excluding hydrogens is 158 g/mol. The second-order valence-corrected chi connectivity index (χ2v) is 2.69. The normalized spacial score (nSPS) is 11.8. The number of carboxylic acids is 1. The number of hydrogen-bond donors (Lipinski definition) is 1. The third-order valence-corrected chi connectivity index (χ3v) is 1.51. The fourth-order valence-electron chi connectivity index (χ4n) is 0.862. The van der Waals surface area contributed by atoms with Crippen LogP contribution in [0.2, 0.25) is 0 Å². The molecule has 0 aliphatic rings. The second-order valence-electron chi connectivity index (χ2n) is 2.69. The van der Waals surface area contributed by atoms with Crippen molar-refractivity contribution in [1.82, 2.24) is 0 Å². The Bertz CT molecular complexity index is 187. The van der Waals surface area contributed by atoms with E-state index in [1.165, 1.54) is 0 Å². The molecule has 0 aromatic heterocycles. The van der Waals surface area contributed by atoms with Crippen LogP contribution in [-0.2, 0) is 4.79 Å². The van der Waals surface area contributed by atoms with E-state index in [9.17, 15) is 4.79 Å². The zero-order valence-corrected chi connectivity index (χ0v) is 7.10. The van der Waals surface area contributed by atoms with Crippen molar-refractivity contribution in [3.8, 4) is 0 Å². The lowest BCUT2D eigenvalue weighted by Crippen LogP contribution is -1.98. The third kappa shape index (κ3) is 6.89. The Balaban J connectivity index is 3.31. The van der Waals surface area contributed by atoms with Gasteiger partial charge >= 0.3 is 5.97 Å². The molecule has 0 rings (SSSR count). The van der Waals surface area contributed by atoms with Crippen LogP contribution < -0.4 is 0 Å². The van der Waals surface area contributed by atoms with E-state index in [4.69, 9.17) is 10.6 Å². The first-order valence-corrected chi connectivity index (χ1v) is 3.93. The molecule has 0 saturated carbocycles. The Morgan fingerprint density at radius 3 is 2.83 bits per heavy atom. The molecule has 0 amide bonds. The van der Waals surface area contributed by atoms with Gasteiger partial charge in [0.15, 0.2) is 0 Å². The van der Waals surface area contributed by atoms with E-state index in [2.05, 4.69) is 10.0 Å². The topological polar surface area (TPSA) is 86.1 Å². The molecule has 5 heteroatoms. The van der Waals surface area contributed by atoms with Crippen molar-refractivity contribution in [3.05, 3.63) is 10.4 Å². The Labute approximate surface area is 71.0 Å². The molecule has 0 saturated heterocycles. The first-order valence-electron chi connectivity index (χ1n) is 3.93. The molecule has 0 aromatic carbocycles. The lowest BCUT2D eigenvalue weighted by molar-refractivity contribution is -0.137. The average Bonchev–Trinajstić information content (AvgIpc) is 1.98. The van der Waals surface area contributed by atoms with Crippen molar-refractivity contribution >= 4 is 5.97 Å². The number of azide groups is 1. The summed E-state index contributed by atoms with van der Waals surface area (Å²) in [4.78, 5) is 12.7. The van der Waals surface area contributed by atoms with Gasteiger partial charge in [0.25, 0.3) is 0 Å². The number of nitrogens with zero attached hydrogens (tertiary/aromatic N) is 3. The number of carbonyl (C=O) groups is 1. The molecule has 68 valence electrons. The number of rotatable bonds is 6. The summed E-state index contributed by atoms with van der Waals surface area (Å²) >= 11 is 0. The van der Waals surface area contributed by atoms with Crippen LogP contribution in [0.15, 0.2) is 5.11 Å². The predicted octanol–water partition coefficient (Wildman–Crippen LogP) is 2.33. The maximum atomic E-state index is 10.1. The number of unbranched alkanes of at least 4 members (excludes halogenated alkanes) is 1. The molecule has 1 unspecified atom stereocenters. The molecule has 0 aliphatic carbocycles. The van der Waals surface area contributed by atoms with Gasteiger partial charge in [-0.3, -0.25) is 4.79 Å². The van der Waals surface area contributed by atoms with Crippen LogP contribution in [0.3, 0.4) is 0 Å². The second kappa shape index (κ2) is 6.49. The van der Waals surface area contributed by atoms with Gasteiger partial charge in [-0.2, -0.15) is 0 Å². The molecule has 0 fully saturated rings. The smallest absolute Gasteiger partial charge is 0.303 e. The van der Waals surface area contributed by atoms with Gasteiger partial charge in [0.1, 0.15) is 0 Å². The Kier molecular flexibility index (Phi) is 5.83. The summed E-state index contributed by atoms with van der Waals surface area (Å²) in [6.45, 7) is 1.82. The third-order valence-electron chi connectivity index (χ3n) is 1.51. The van der Waals surface area contributed by atoms with Gasteiger partial charge < -0.3 is 5.11 Å². The van der Waals surface area contributed by atoms with Crippen molar-refractivity contribution in [2.75, 3.05) is 0 Å². The predicted molar refractivity (Wildman–Crippen MR) is 44.7 cm³/mol. The average molecular weight is 171 g/mol. The van der Waals surface area contributed by atoms with Gasteiger partial charge in [0.05, 0.1) is 0 Å². The van der Waals surface area contributed by atoms with Crippen LogP contribution in [0, 0.1) is 0 Å². The highest BCUT2D eigenvalue weighted by atomic mass is 16.4. The highest BCUT2D eigenvalue weighted by Crippen LogP contribution is 2.05. The monoisotopic (exact) mass is 171 g/mol. The molecule has 0 spiro atoms. The van der Waals surface area contributed by atoms with E-state index in [1.54, 1.807) is 0 Å². The van der Waals surface area contributed by atoms with Crippen LogP contribution in [0.5, 0.6) is 0 Å². The fourth-order valence-corrected chi connectivity index (χ4v) is 0.862. The molecule has 5 nitrogen and oxygen atoms in total. The van der Waals surface area contributed by atoms with Crippen LogP contribution in [0.25, 0.3) is 10.4 Å². The van der Waals surface area contributed by atoms with Crippen molar-refractivity contribution in [3.63, 3.8) is 0 Å². The standard InChI is InChI=1S/C7H13N3O2/c1-6(9-10-8)4-2-3-5-7(11)12/h6H,2-5H2,1H3,(H,11,12).